The lowest BCUT2D eigenvalue weighted by Crippen LogP contribution is -2.52. The first-order chi connectivity index (χ1) is 9.10. The highest BCUT2D eigenvalue weighted by atomic mass is 32.1. The number of carbonyl (C=O) groups excluding carboxylic acids is 1. The van der Waals surface area contributed by atoms with Gasteiger partial charge in [-0.2, -0.15) is 0 Å². The smallest absolute Gasteiger partial charge is 0.329 e. The maximum atomic E-state index is 12.2. The van der Waals surface area contributed by atoms with Crippen LogP contribution in [0.5, 0.6) is 0 Å². The van der Waals surface area contributed by atoms with Crippen molar-refractivity contribution >= 4 is 29.3 Å². The highest BCUT2D eigenvalue weighted by molar-refractivity contribution is 7.10. The molecule has 0 aliphatic carbocycles. The predicted molar refractivity (Wildman–Crippen MR) is 75.0 cm³/mol. The first-order valence-electron chi connectivity index (χ1n) is 6.37. The summed E-state index contributed by atoms with van der Waals surface area (Å²) in [5.74, 6) is -1.11. The van der Waals surface area contributed by atoms with Crippen LogP contribution >= 0.6 is 11.3 Å². The molecule has 1 saturated heterocycles. The van der Waals surface area contributed by atoms with Crippen molar-refractivity contribution in [1.29, 1.82) is 0 Å². The summed E-state index contributed by atoms with van der Waals surface area (Å²) in [6.07, 6.45) is 4.95. The number of carbonyl (C=O) groups is 2. The highest BCUT2D eigenvalue weighted by Gasteiger charge is 2.47. The SMILES string of the molecule is CCC1(C(=O)O)CCCN1C(=O)/C=C/c1cccs1. The number of thiophene rings is 1. The number of amides is 1. The third-order valence-corrected chi connectivity index (χ3v) is 4.51. The first-order valence-corrected chi connectivity index (χ1v) is 7.25. The van der Waals surface area contributed by atoms with Crippen molar-refractivity contribution in [2.24, 2.45) is 0 Å². The van der Waals surface area contributed by atoms with Crippen LogP contribution in [-0.2, 0) is 9.59 Å². The number of rotatable bonds is 4. The topological polar surface area (TPSA) is 57.6 Å². The van der Waals surface area contributed by atoms with Crippen molar-refractivity contribution in [3.63, 3.8) is 0 Å². The van der Waals surface area contributed by atoms with Crippen LogP contribution in [0.1, 0.15) is 31.1 Å². The number of carboxylic acid groups (broad SMARTS) is 1. The van der Waals surface area contributed by atoms with E-state index >= 15 is 0 Å². The van der Waals surface area contributed by atoms with Gasteiger partial charge in [0.05, 0.1) is 0 Å². The second kappa shape index (κ2) is 5.57. The molecule has 1 atom stereocenters. The van der Waals surface area contributed by atoms with E-state index in [-0.39, 0.29) is 5.91 Å². The van der Waals surface area contributed by atoms with E-state index < -0.39 is 11.5 Å². The van der Waals surface area contributed by atoms with Gasteiger partial charge < -0.3 is 10.0 Å². The molecular formula is C14H17NO3S. The van der Waals surface area contributed by atoms with Gasteiger partial charge >= 0.3 is 5.97 Å². The molecule has 2 rings (SSSR count). The number of likely N-dealkylation sites (tertiary alicyclic amines) is 1. The Labute approximate surface area is 116 Å². The van der Waals surface area contributed by atoms with Gasteiger partial charge in [0.25, 0.3) is 0 Å². The van der Waals surface area contributed by atoms with Crippen molar-refractivity contribution in [2.75, 3.05) is 6.54 Å². The van der Waals surface area contributed by atoms with E-state index in [0.29, 0.717) is 19.4 Å². The number of nitrogens with zero attached hydrogens (tertiary/aromatic N) is 1. The van der Waals surface area contributed by atoms with Crippen LogP contribution in [-0.4, -0.2) is 34.0 Å². The number of carboxylic acids is 1. The van der Waals surface area contributed by atoms with E-state index in [1.807, 2.05) is 24.4 Å². The van der Waals surface area contributed by atoms with Crippen LogP contribution in [0.15, 0.2) is 23.6 Å². The molecule has 2 heterocycles. The second-order valence-electron chi connectivity index (χ2n) is 4.63. The second-order valence-corrected chi connectivity index (χ2v) is 5.61. The zero-order valence-electron chi connectivity index (χ0n) is 10.8. The molecule has 1 unspecified atom stereocenters. The normalized spacial score (nSPS) is 23.1. The standard InChI is InChI=1S/C14H17NO3S/c1-2-14(13(17)18)8-4-9-15(14)12(16)7-6-11-5-3-10-19-11/h3,5-7,10H,2,4,8-9H2,1H3,(H,17,18)/b7-6+. The van der Waals surface area contributed by atoms with E-state index in [4.69, 9.17) is 0 Å². The first kappa shape index (κ1) is 13.8. The van der Waals surface area contributed by atoms with Crippen LogP contribution < -0.4 is 0 Å². The van der Waals surface area contributed by atoms with Gasteiger partial charge in [-0.3, -0.25) is 4.79 Å². The third kappa shape index (κ3) is 2.56. The monoisotopic (exact) mass is 279 g/mol. The third-order valence-electron chi connectivity index (χ3n) is 3.67. The number of aliphatic carboxylic acids is 1. The summed E-state index contributed by atoms with van der Waals surface area (Å²) in [5.41, 5.74) is -1.02. The molecule has 0 bridgehead atoms. The fourth-order valence-corrected chi connectivity index (χ4v) is 3.19. The van der Waals surface area contributed by atoms with Crippen molar-refractivity contribution in [1.82, 2.24) is 4.90 Å². The van der Waals surface area contributed by atoms with E-state index in [1.54, 1.807) is 17.4 Å². The predicted octanol–water partition coefficient (Wildman–Crippen LogP) is 2.62. The lowest BCUT2D eigenvalue weighted by atomic mass is 9.93. The Kier molecular flexibility index (Phi) is 4.04. The summed E-state index contributed by atoms with van der Waals surface area (Å²) >= 11 is 1.55. The Morgan fingerprint density at radius 1 is 1.58 bits per heavy atom. The molecule has 19 heavy (non-hydrogen) atoms. The molecule has 1 aliphatic heterocycles. The van der Waals surface area contributed by atoms with Gasteiger partial charge in [0, 0.05) is 17.5 Å². The Bertz CT molecular complexity index is 495. The van der Waals surface area contributed by atoms with Crippen molar-refractivity contribution in [3.8, 4) is 0 Å². The van der Waals surface area contributed by atoms with E-state index in [9.17, 15) is 14.7 Å². The summed E-state index contributed by atoms with van der Waals surface area (Å²) in [7, 11) is 0. The van der Waals surface area contributed by atoms with Gasteiger partial charge in [-0.15, -0.1) is 11.3 Å². The van der Waals surface area contributed by atoms with Crippen LogP contribution in [0.3, 0.4) is 0 Å². The average molecular weight is 279 g/mol. The van der Waals surface area contributed by atoms with Gasteiger partial charge in [0.1, 0.15) is 5.54 Å². The van der Waals surface area contributed by atoms with Crippen LogP contribution in [0.4, 0.5) is 0 Å². The molecule has 0 saturated carbocycles. The molecule has 1 aliphatic rings. The molecule has 1 N–H and O–H groups in total. The number of hydrogen-bond donors (Lipinski definition) is 1. The van der Waals surface area contributed by atoms with Crippen molar-refractivity contribution in [2.45, 2.75) is 31.7 Å². The average Bonchev–Trinajstić information content (AvgIpc) is 3.05. The summed E-state index contributed by atoms with van der Waals surface area (Å²) in [6, 6.07) is 3.83. The van der Waals surface area contributed by atoms with Crippen LogP contribution in [0.2, 0.25) is 0 Å². The molecule has 0 radical (unpaired) electrons. The van der Waals surface area contributed by atoms with Crippen molar-refractivity contribution in [3.05, 3.63) is 28.5 Å². The Morgan fingerprint density at radius 2 is 2.37 bits per heavy atom. The minimum absolute atomic E-state index is 0.213. The van der Waals surface area contributed by atoms with Crippen molar-refractivity contribution < 1.29 is 14.7 Å². The van der Waals surface area contributed by atoms with Gasteiger partial charge in [-0.25, -0.2) is 4.79 Å². The fraction of sp³-hybridized carbons (Fsp3) is 0.429. The summed E-state index contributed by atoms with van der Waals surface area (Å²) in [4.78, 5) is 26.2. The Balaban J connectivity index is 2.16. The zero-order chi connectivity index (χ0) is 13.9. The summed E-state index contributed by atoms with van der Waals surface area (Å²) < 4.78 is 0. The van der Waals surface area contributed by atoms with Gasteiger partial charge in [0.15, 0.2) is 0 Å². The zero-order valence-corrected chi connectivity index (χ0v) is 11.7. The van der Waals surface area contributed by atoms with Crippen LogP contribution in [0, 0.1) is 0 Å². The van der Waals surface area contributed by atoms with Gasteiger partial charge in [-0.1, -0.05) is 13.0 Å². The van der Waals surface area contributed by atoms with Crippen LogP contribution in [0.25, 0.3) is 6.08 Å². The molecule has 4 nitrogen and oxygen atoms in total. The molecule has 1 aromatic rings. The molecule has 1 aromatic heterocycles. The molecule has 0 aromatic carbocycles. The maximum absolute atomic E-state index is 12.2. The molecule has 102 valence electrons. The minimum Gasteiger partial charge on any atom is -0.479 e. The highest BCUT2D eigenvalue weighted by Crippen LogP contribution is 2.33. The molecule has 1 fully saturated rings. The summed E-state index contributed by atoms with van der Waals surface area (Å²) in [6.45, 7) is 2.34. The largest absolute Gasteiger partial charge is 0.479 e. The maximum Gasteiger partial charge on any atom is 0.329 e. The molecule has 5 heteroatoms. The Hall–Kier alpha value is -1.62. The lowest BCUT2D eigenvalue weighted by molar-refractivity contribution is -0.155. The molecule has 0 spiro atoms. The summed E-state index contributed by atoms with van der Waals surface area (Å²) in [5, 5.41) is 11.4. The fourth-order valence-electron chi connectivity index (χ4n) is 2.57. The lowest BCUT2D eigenvalue weighted by Gasteiger charge is -2.33. The van der Waals surface area contributed by atoms with Gasteiger partial charge in [0.2, 0.25) is 5.91 Å². The van der Waals surface area contributed by atoms with E-state index in [1.165, 1.54) is 11.0 Å². The molecule has 1 amide bonds. The van der Waals surface area contributed by atoms with E-state index in [2.05, 4.69) is 0 Å². The quantitative estimate of drug-likeness (QED) is 0.862. The van der Waals surface area contributed by atoms with E-state index in [0.717, 1.165) is 11.3 Å². The Morgan fingerprint density at radius 3 is 2.95 bits per heavy atom. The van der Waals surface area contributed by atoms with Gasteiger partial charge in [-0.05, 0) is 36.8 Å². The molecular weight excluding hydrogens is 262 g/mol. The minimum atomic E-state index is -1.02. The number of hydrogen-bond acceptors (Lipinski definition) is 3.